The standard InChI is InChI=1S/C26H23FN4O3S/c1-31(15-23(32)28-19-6-5-7-20(14-19)34-2)24(33)16-35-26-22-9-4-3-8-21(22)25(29-30-26)17-10-12-18(27)13-11-17/h3-14H,15-16H2,1-2H3,(H,28,32). The number of thioether (sulfide) groups is 1. The Balaban J connectivity index is 1.41. The third-order valence-electron chi connectivity index (χ3n) is 5.26. The van der Waals surface area contributed by atoms with Crippen molar-refractivity contribution in [2.75, 3.05) is 31.8 Å². The van der Waals surface area contributed by atoms with Crippen molar-refractivity contribution in [3.8, 4) is 17.0 Å². The predicted octanol–water partition coefficient (Wildman–Crippen LogP) is 4.63. The van der Waals surface area contributed by atoms with E-state index in [1.165, 1.54) is 28.8 Å². The summed E-state index contributed by atoms with van der Waals surface area (Å²) in [6.07, 6.45) is 0. The minimum atomic E-state index is -0.321. The van der Waals surface area contributed by atoms with E-state index in [-0.39, 0.29) is 29.9 Å². The van der Waals surface area contributed by atoms with Crippen LogP contribution in [0.2, 0.25) is 0 Å². The molecule has 2 amide bonds. The first-order valence-corrected chi connectivity index (χ1v) is 11.7. The highest BCUT2D eigenvalue weighted by atomic mass is 32.2. The number of carbonyl (C=O) groups is 2. The maximum Gasteiger partial charge on any atom is 0.243 e. The molecule has 0 atom stereocenters. The SMILES string of the molecule is COc1cccc(NC(=O)CN(C)C(=O)CSc2nnc(-c3ccc(F)cc3)c3ccccc23)c1. The first-order valence-electron chi connectivity index (χ1n) is 10.8. The number of nitrogens with one attached hydrogen (secondary N) is 1. The summed E-state index contributed by atoms with van der Waals surface area (Å²) in [5, 5.41) is 13.7. The molecular formula is C26H23FN4O3S. The lowest BCUT2D eigenvalue weighted by Gasteiger charge is -2.17. The third kappa shape index (κ3) is 5.93. The lowest BCUT2D eigenvalue weighted by molar-refractivity contribution is -0.131. The lowest BCUT2D eigenvalue weighted by atomic mass is 10.1. The second-order valence-corrected chi connectivity index (χ2v) is 8.69. The maximum absolute atomic E-state index is 13.3. The van der Waals surface area contributed by atoms with Gasteiger partial charge in [0, 0.05) is 35.1 Å². The number of hydrogen-bond acceptors (Lipinski definition) is 6. The summed E-state index contributed by atoms with van der Waals surface area (Å²) in [5.41, 5.74) is 1.99. The van der Waals surface area contributed by atoms with Gasteiger partial charge in [0.25, 0.3) is 0 Å². The number of hydrogen-bond donors (Lipinski definition) is 1. The minimum Gasteiger partial charge on any atom is -0.497 e. The van der Waals surface area contributed by atoms with Gasteiger partial charge in [-0.2, -0.15) is 0 Å². The number of carbonyl (C=O) groups excluding carboxylic acids is 2. The van der Waals surface area contributed by atoms with Crippen LogP contribution in [0.4, 0.5) is 10.1 Å². The summed E-state index contributed by atoms with van der Waals surface area (Å²) in [4.78, 5) is 26.4. The van der Waals surface area contributed by atoms with Crippen LogP contribution in [0.25, 0.3) is 22.0 Å². The van der Waals surface area contributed by atoms with Gasteiger partial charge in [-0.05, 0) is 36.4 Å². The number of halogens is 1. The second-order valence-electron chi connectivity index (χ2n) is 7.72. The summed E-state index contributed by atoms with van der Waals surface area (Å²) in [6, 6.07) is 20.7. The van der Waals surface area contributed by atoms with E-state index in [9.17, 15) is 14.0 Å². The number of ether oxygens (including phenoxy) is 1. The normalized spacial score (nSPS) is 10.7. The molecule has 1 heterocycles. The van der Waals surface area contributed by atoms with E-state index in [1.807, 2.05) is 24.3 Å². The van der Waals surface area contributed by atoms with Crippen molar-refractivity contribution in [3.63, 3.8) is 0 Å². The highest BCUT2D eigenvalue weighted by Crippen LogP contribution is 2.31. The zero-order valence-corrected chi connectivity index (χ0v) is 20.0. The second kappa shape index (κ2) is 11.0. The van der Waals surface area contributed by atoms with E-state index < -0.39 is 0 Å². The van der Waals surface area contributed by atoms with E-state index in [0.717, 1.165) is 16.3 Å². The van der Waals surface area contributed by atoms with Gasteiger partial charge in [-0.3, -0.25) is 9.59 Å². The van der Waals surface area contributed by atoms with E-state index in [4.69, 9.17) is 4.74 Å². The molecule has 3 aromatic carbocycles. The van der Waals surface area contributed by atoms with Crippen molar-refractivity contribution in [3.05, 3.63) is 78.6 Å². The fourth-order valence-electron chi connectivity index (χ4n) is 3.45. The Kier molecular flexibility index (Phi) is 7.57. The molecule has 0 aliphatic heterocycles. The molecule has 4 aromatic rings. The molecule has 0 aliphatic carbocycles. The summed E-state index contributed by atoms with van der Waals surface area (Å²) >= 11 is 1.26. The van der Waals surface area contributed by atoms with E-state index >= 15 is 0 Å². The molecule has 0 fully saturated rings. The number of likely N-dealkylation sites (N-methyl/N-ethyl adjacent to an activating group) is 1. The molecule has 7 nitrogen and oxygen atoms in total. The van der Waals surface area contributed by atoms with Crippen molar-refractivity contribution in [2.45, 2.75) is 5.03 Å². The van der Waals surface area contributed by atoms with Gasteiger partial charge in [-0.25, -0.2) is 4.39 Å². The van der Waals surface area contributed by atoms with Crippen molar-refractivity contribution in [2.24, 2.45) is 0 Å². The fourth-order valence-corrected chi connectivity index (χ4v) is 4.36. The Morgan fingerprint density at radius 2 is 1.74 bits per heavy atom. The number of benzene rings is 3. The molecule has 0 unspecified atom stereocenters. The van der Waals surface area contributed by atoms with E-state index in [2.05, 4.69) is 15.5 Å². The quantitative estimate of drug-likeness (QED) is 0.363. The zero-order valence-electron chi connectivity index (χ0n) is 19.2. The summed E-state index contributed by atoms with van der Waals surface area (Å²) in [7, 11) is 3.13. The van der Waals surface area contributed by atoms with Crippen molar-refractivity contribution in [1.82, 2.24) is 15.1 Å². The number of anilines is 1. The van der Waals surface area contributed by atoms with Crippen molar-refractivity contribution < 1.29 is 18.7 Å². The first kappa shape index (κ1) is 24.2. The summed E-state index contributed by atoms with van der Waals surface area (Å²) < 4.78 is 18.5. The fraction of sp³-hybridized carbons (Fsp3) is 0.154. The number of fused-ring (bicyclic) bond motifs is 1. The maximum atomic E-state index is 13.3. The average molecular weight is 491 g/mol. The molecule has 0 bridgehead atoms. The van der Waals surface area contributed by atoms with Crippen LogP contribution in [0.3, 0.4) is 0 Å². The average Bonchev–Trinajstić information content (AvgIpc) is 2.87. The number of nitrogens with zero attached hydrogens (tertiary/aromatic N) is 3. The van der Waals surface area contributed by atoms with Crippen LogP contribution >= 0.6 is 11.8 Å². The molecule has 0 saturated heterocycles. The smallest absolute Gasteiger partial charge is 0.243 e. The Hall–Kier alpha value is -3.98. The van der Waals surface area contributed by atoms with Gasteiger partial charge in [-0.1, -0.05) is 42.1 Å². The Labute approximate surface area is 206 Å². The van der Waals surface area contributed by atoms with Crippen LogP contribution in [0.5, 0.6) is 5.75 Å². The van der Waals surface area contributed by atoms with Gasteiger partial charge in [-0.15, -0.1) is 10.2 Å². The molecule has 178 valence electrons. The molecule has 35 heavy (non-hydrogen) atoms. The van der Waals surface area contributed by atoms with Crippen LogP contribution in [-0.2, 0) is 9.59 Å². The van der Waals surface area contributed by atoms with Crippen LogP contribution in [-0.4, -0.2) is 53.4 Å². The molecule has 4 rings (SSSR count). The molecule has 0 saturated carbocycles. The Morgan fingerprint density at radius 3 is 2.49 bits per heavy atom. The van der Waals surface area contributed by atoms with Crippen LogP contribution in [0.15, 0.2) is 77.8 Å². The van der Waals surface area contributed by atoms with Gasteiger partial charge in [0.15, 0.2) is 0 Å². The molecular weight excluding hydrogens is 467 g/mol. The van der Waals surface area contributed by atoms with Gasteiger partial charge < -0.3 is 15.0 Å². The molecule has 0 radical (unpaired) electrons. The first-order chi connectivity index (χ1) is 16.9. The van der Waals surface area contributed by atoms with Crippen molar-refractivity contribution >= 4 is 40.0 Å². The number of rotatable bonds is 8. The van der Waals surface area contributed by atoms with Crippen LogP contribution < -0.4 is 10.1 Å². The van der Waals surface area contributed by atoms with E-state index in [0.29, 0.717) is 22.2 Å². The largest absolute Gasteiger partial charge is 0.497 e. The number of methoxy groups -OCH3 is 1. The highest BCUT2D eigenvalue weighted by Gasteiger charge is 2.16. The predicted molar refractivity (Wildman–Crippen MR) is 135 cm³/mol. The van der Waals surface area contributed by atoms with Gasteiger partial charge in [0.05, 0.1) is 19.4 Å². The molecule has 1 aromatic heterocycles. The summed E-state index contributed by atoms with van der Waals surface area (Å²) in [5.74, 6) is -0.130. The number of amides is 2. The molecule has 0 aliphatic rings. The monoisotopic (exact) mass is 490 g/mol. The lowest BCUT2D eigenvalue weighted by Crippen LogP contribution is -2.35. The molecule has 0 spiro atoms. The van der Waals surface area contributed by atoms with Crippen LogP contribution in [0.1, 0.15) is 0 Å². The minimum absolute atomic E-state index is 0.0907. The van der Waals surface area contributed by atoms with Gasteiger partial charge in [0.2, 0.25) is 11.8 Å². The molecule has 9 heteroatoms. The molecule has 1 N–H and O–H groups in total. The van der Waals surface area contributed by atoms with Gasteiger partial charge in [0.1, 0.15) is 22.3 Å². The van der Waals surface area contributed by atoms with Gasteiger partial charge >= 0.3 is 0 Å². The summed E-state index contributed by atoms with van der Waals surface area (Å²) in [6.45, 7) is -0.0907. The zero-order chi connectivity index (χ0) is 24.8. The number of aromatic nitrogens is 2. The van der Waals surface area contributed by atoms with Crippen LogP contribution in [0, 0.1) is 5.82 Å². The topological polar surface area (TPSA) is 84.4 Å². The Morgan fingerprint density at radius 1 is 1.00 bits per heavy atom. The third-order valence-corrected chi connectivity index (χ3v) is 6.23. The van der Waals surface area contributed by atoms with Crippen molar-refractivity contribution in [1.29, 1.82) is 0 Å². The van der Waals surface area contributed by atoms with E-state index in [1.54, 1.807) is 50.6 Å². The highest BCUT2D eigenvalue weighted by molar-refractivity contribution is 8.00. The Bertz CT molecular complexity index is 1360.